The van der Waals surface area contributed by atoms with Crippen LogP contribution >= 0.6 is 11.8 Å². The number of H-pyrrole nitrogens is 1. The minimum atomic E-state index is -0.460. The summed E-state index contributed by atoms with van der Waals surface area (Å²) in [6.45, 7) is 3.86. The largest absolute Gasteiger partial charge is 0.493 e. The molecule has 0 aliphatic carbocycles. The van der Waals surface area contributed by atoms with E-state index in [4.69, 9.17) is 9.84 Å². The van der Waals surface area contributed by atoms with Crippen LogP contribution in [0.25, 0.3) is 0 Å². The molecule has 0 saturated carbocycles. The Morgan fingerprint density at radius 2 is 2.35 bits per heavy atom. The highest BCUT2D eigenvalue weighted by Crippen LogP contribution is 2.23. The number of ether oxygens (including phenoxy) is 1. The van der Waals surface area contributed by atoms with Crippen LogP contribution in [0.4, 0.5) is 0 Å². The van der Waals surface area contributed by atoms with Crippen molar-refractivity contribution in [3.8, 4) is 5.88 Å². The molecule has 1 heterocycles. The van der Waals surface area contributed by atoms with Gasteiger partial charge >= 0.3 is 5.97 Å². The molecule has 1 aromatic heterocycles. The number of rotatable bonds is 5. The van der Waals surface area contributed by atoms with E-state index in [0.29, 0.717) is 13.0 Å². The highest BCUT2D eigenvalue weighted by atomic mass is 32.2. The lowest BCUT2D eigenvalue weighted by molar-refractivity contribution is -0.142. The number of thioether (sulfide) groups is 1. The van der Waals surface area contributed by atoms with E-state index in [1.54, 1.807) is 6.92 Å². The topological polar surface area (TPSA) is 92.3 Å². The van der Waals surface area contributed by atoms with Crippen molar-refractivity contribution in [3.63, 3.8) is 0 Å². The van der Waals surface area contributed by atoms with Crippen molar-refractivity contribution >= 4 is 17.7 Å². The first-order chi connectivity index (χ1) is 8.06. The zero-order chi connectivity index (χ0) is 12.8. The average molecular weight is 258 g/mol. The van der Waals surface area contributed by atoms with E-state index in [1.807, 2.05) is 6.92 Å². The first-order valence-corrected chi connectivity index (χ1v) is 6.08. The Labute approximate surface area is 102 Å². The van der Waals surface area contributed by atoms with Gasteiger partial charge in [0.1, 0.15) is 5.25 Å². The second kappa shape index (κ2) is 6.29. The minimum Gasteiger partial charge on any atom is -0.493 e. The van der Waals surface area contributed by atoms with Gasteiger partial charge in [0, 0.05) is 0 Å². The van der Waals surface area contributed by atoms with Crippen molar-refractivity contribution < 1.29 is 14.6 Å². The molecule has 0 aliphatic rings. The maximum atomic E-state index is 11.5. The van der Waals surface area contributed by atoms with Gasteiger partial charge in [-0.25, -0.2) is 0 Å². The predicted molar refractivity (Wildman–Crippen MR) is 63.1 cm³/mol. The van der Waals surface area contributed by atoms with Gasteiger partial charge in [0.05, 0.1) is 12.7 Å². The number of hydrogen-bond acceptors (Lipinski definition) is 6. The van der Waals surface area contributed by atoms with Crippen LogP contribution in [0, 0.1) is 0 Å². The summed E-state index contributed by atoms with van der Waals surface area (Å²) in [5.74, 6) is -0.721. The molecule has 0 amide bonds. The molecular weight excluding hydrogens is 244 g/mol. The lowest BCUT2D eigenvalue weighted by Gasteiger charge is -2.11. The Morgan fingerprint density at radius 1 is 1.65 bits per heavy atom. The van der Waals surface area contributed by atoms with Gasteiger partial charge in [-0.05, 0) is 13.3 Å². The zero-order valence-electron chi connectivity index (χ0n) is 9.60. The van der Waals surface area contributed by atoms with Crippen LogP contribution in [0.15, 0.2) is 16.0 Å². The summed E-state index contributed by atoms with van der Waals surface area (Å²) in [6.07, 6.45) is 0.545. The lowest BCUT2D eigenvalue weighted by atomic mass is 10.3. The number of aromatic hydroxyl groups is 1. The second-order valence-corrected chi connectivity index (χ2v) is 4.37. The monoisotopic (exact) mass is 258 g/mol. The van der Waals surface area contributed by atoms with Crippen LogP contribution in [0.5, 0.6) is 5.88 Å². The Kier molecular flexibility index (Phi) is 5.02. The summed E-state index contributed by atoms with van der Waals surface area (Å²) in [4.78, 5) is 28.8. The third-order valence-electron chi connectivity index (χ3n) is 1.88. The van der Waals surface area contributed by atoms with Crippen LogP contribution in [0.1, 0.15) is 20.3 Å². The number of aromatic nitrogens is 2. The molecule has 0 saturated heterocycles. The van der Waals surface area contributed by atoms with Gasteiger partial charge in [0.25, 0.3) is 5.56 Å². The quantitative estimate of drug-likeness (QED) is 0.463. The molecule has 0 radical (unpaired) electrons. The Balaban J connectivity index is 2.80. The molecule has 1 unspecified atom stereocenters. The Morgan fingerprint density at radius 3 is 2.88 bits per heavy atom. The SMILES string of the molecule is CCOC(=O)C(CC)Sc1nc(O)cc(=O)[nH]1. The summed E-state index contributed by atoms with van der Waals surface area (Å²) in [5.41, 5.74) is -0.460. The summed E-state index contributed by atoms with van der Waals surface area (Å²) < 4.78 is 4.89. The first kappa shape index (κ1) is 13.6. The molecule has 17 heavy (non-hydrogen) atoms. The van der Waals surface area contributed by atoms with Crippen molar-refractivity contribution in [1.82, 2.24) is 9.97 Å². The molecule has 1 aromatic rings. The van der Waals surface area contributed by atoms with E-state index in [-0.39, 0.29) is 17.0 Å². The maximum absolute atomic E-state index is 11.5. The molecule has 94 valence electrons. The molecule has 0 aromatic carbocycles. The molecule has 1 atom stereocenters. The number of carbonyl (C=O) groups excluding carboxylic acids is 1. The molecule has 0 bridgehead atoms. The smallest absolute Gasteiger partial charge is 0.319 e. The lowest BCUT2D eigenvalue weighted by Crippen LogP contribution is -2.20. The normalized spacial score (nSPS) is 12.1. The molecule has 6 nitrogen and oxygen atoms in total. The van der Waals surface area contributed by atoms with Crippen LogP contribution in [-0.4, -0.2) is 32.9 Å². The van der Waals surface area contributed by atoms with Gasteiger partial charge in [-0.1, -0.05) is 18.7 Å². The third-order valence-corrected chi connectivity index (χ3v) is 3.11. The number of nitrogens with zero attached hydrogens (tertiary/aromatic N) is 1. The van der Waals surface area contributed by atoms with Gasteiger partial charge in [0.2, 0.25) is 5.88 Å². The molecule has 0 fully saturated rings. The van der Waals surface area contributed by atoms with Crippen LogP contribution in [0.2, 0.25) is 0 Å². The molecular formula is C10H14N2O4S. The summed E-state index contributed by atoms with van der Waals surface area (Å²) in [6, 6.07) is 0.968. The standard InChI is InChI=1S/C10H14N2O4S/c1-3-6(9(15)16-4-2)17-10-11-7(13)5-8(14)12-10/h5-6H,3-4H2,1-2H3,(H2,11,12,13,14). The van der Waals surface area contributed by atoms with E-state index in [9.17, 15) is 9.59 Å². The van der Waals surface area contributed by atoms with Gasteiger partial charge < -0.3 is 14.8 Å². The molecule has 0 aliphatic heterocycles. The van der Waals surface area contributed by atoms with Gasteiger partial charge in [-0.3, -0.25) is 9.59 Å². The molecule has 7 heteroatoms. The Hall–Kier alpha value is -1.50. The fraction of sp³-hybridized carbons (Fsp3) is 0.500. The maximum Gasteiger partial charge on any atom is 0.319 e. The highest BCUT2D eigenvalue weighted by molar-refractivity contribution is 8.00. The first-order valence-electron chi connectivity index (χ1n) is 5.20. The minimum absolute atomic E-state index is 0.204. The highest BCUT2D eigenvalue weighted by Gasteiger charge is 2.20. The van der Waals surface area contributed by atoms with E-state index in [0.717, 1.165) is 17.8 Å². The fourth-order valence-corrected chi connectivity index (χ4v) is 2.05. The van der Waals surface area contributed by atoms with Crippen LogP contribution in [-0.2, 0) is 9.53 Å². The summed E-state index contributed by atoms with van der Waals surface area (Å²) in [5, 5.41) is 8.92. The van der Waals surface area contributed by atoms with Crippen molar-refractivity contribution in [2.24, 2.45) is 0 Å². The molecule has 0 spiro atoms. The second-order valence-electron chi connectivity index (χ2n) is 3.18. The van der Waals surface area contributed by atoms with E-state index in [2.05, 4.69) is 9.97 Å². The van der Waals surface area contributed by atoms with Gasteiger partial charge in [-0.15, -0.1) is 0 Å². The molecule has 1 rings (SSSR count). The average Bonchev–Trinajstić information content (AvgIpc) is 2.24. The van der Waals surface area contributed by atoms with E-state index < -0.39 is 10.8 Å². The van der Waals surface area contributed by atoms with Crippen molar-refractivity contribution in [2.75, 3.05) is 6.61 Å². The van der Waals surface area contributed by atoms with Gasteiger partial charge in [-0.2, -0.15) is 4.98 Å². The third kappa shape index (κ3) is 4.10. The van der Waals surface area contributed by atoms with E-state index >= 15 is 0 Å². The summed E-state index contributed by atoms with van der Waals surface area (Å²) in [7, 11) is 0. The predicted octanol–water partition coefficient (Wildman–Crippen LogP) is 0.909. The Bertz CT molecular complexity index is 446. The van der Waals surface area contributed by atoms with Crippen LogP contribution in [0.3, 0.4) is 0 Å². The van der Waals surface area contributed by atoms with E-state index in [1.165, 1.54) is 0 Å². The number of nitrogens with one attached hydrogen (secondary N) is 1. The number of carbonyl (C=O) groups is 1. The zero-order valence-corrected chi connectivity index (χ0v) is 10.4. The van der Waals surface area contributed by atoms with Gasteiger partial charge in [0.15, 0.2) is 5.16 Å². The van der Waals surface area contributed by atoms with Crippen LogP contribution < -0.4 is 5.56 Å². The number of aromatic amines is 1. The summed E-state index contributed by atoms with van der Waals surface area (Å²) >= 11 is 1.06. The fourth-order valence-electron chi connectivity index (χ4n) is 1.15. The van der Waals surface area contributed by atoms with Crippen molar-refractivity contribution in [3.05, 3.63) is 16.4 Å². The molecule has 2 N–H and O–H groups in total. The van der Waals surface area contributed by atoms with Crippen molar-refractivity contribution in [2.45, 2.75) is 30.7 Å². The number of esters is 1. The van der Waals surface area contributed by atoms with Crippen molar-refractivity contribution in [1.29, 1.82) is 0 Å². The number of hydrogen-bond donors (Lipinski definition) is 2.